The fraction of sp³-hybridized carbons (Fsp3) is 1.00. The van der Waals surface area contributed by atoms with E-state index >= 15 is 0 Å². The highest BCUT2D eigenvalue weighted by Gasteiger charge is 2.39. The second kappa shape index (κ2) is 5.03. The van der Waals surface area contributed by atoms with E-state index < -0.39 is 17.7 Å². The summed E-state index contributed by atoms with van der Waals surface area (Å²) >= 11 is 0. The summed E-state index contributed by atoms with van der Waals surface area (Å²) in [6.45, 7) is -0.553. The molecule has 1 rings (SSSR count). The first-order valence-electron chi connectivity index (χ1n) is 2.65. The fourth-order valence-corrected chi connectivity index (χ4v) is 0.665. The molecule has 0 aromatic heterocycles. The average molecular weight is 213 g/mol. The predicted molar refractivity (Wildman–Crippen MR) is 40.1 cm³/mol. The van der Waals surface area contributed by atoms with Crippen molar-refractivity contribution in [1.82, 2.24) is 10.4 Å². The molecule has 7 heteroatoms. The molecule has 1 fully saturated rings. The van der Waals surface area contributed by atoms with Crippen LogP contribution in [0.15, 0.2) is 0 Å². The van der Waals surface area contributed by atoms with Gasteiger partial charge in [0.15, 0.2) is 0 Å². The highest BCUT2D eigenvalue weighted by Crippen LogP contribution is 2.20. The van der Waals surface area contributed by atoms with Gasteiger partial charge in [-0.15, -0.1) is 29.3 Å². The van der Waals surface area contributed by atoms with Gasteiger partial charge in [-0.2, -0.15) is 8.78 Å². The van der Waals surface area contributed by atoms with Crippen LogP contribution in [0.1, 0.15) is 0 Å². The summed E-state index contributed by atoms with van der Waals surface area (Å²) in [7, 11) is 0. The Morgan fingerprint density at radius 2 is 1.82 bits per heavy atom. The van der Waals surface area contributed by atoms with E-state index in [2.05, 4.69) is 5.32 Å². The van der Waals surface area contributed by atoms with Crippen molar-refractivity contribution < 1.29 is 13.3 Å². The number of nitrogens with zero attached hydrogens (tertiary/aromatic N) is 1. The highest BCUT2D eigenvalue weighted by atomic mass is 35.5. The number of rotatable bonds is 0. The van der Waals surface area contributed by atoms with Gasteiger partial charge in [-0.3, -0.25) is 0 Å². The van der Waals surface area contributed by atoms with Gasteiger partial charge in [0, 0.05) is 13.1 Å². The summed E-state index contributed by atoms with van der Waals surface area (Å²) in [4.78, 5) is 0. The molecule has 0 aliphatic carbocycles. The molecule has 1 aliphatic rings. The molecule has 0 saturated carbocycles. The third-order valence-corrected chi connectivity index (χ3v) is 1.18. The number of halogens is 5. The monoisotopic (exact) mass is 212 g/mol. The molecule has 0 atom stereocenters. The maximum Gasteiger partial charge on any atom is 0.342 e. The zero-order valence-electron chi connectivity index (χ0n) is 5.52. The van der Waals surface area contributed by atoms with E-state index in [1.165, 1.54) is 0 Å². The quantitative estimate of drug-likeness (QED) is 0.480. The van der Waals surface area contributed by atoms with Crippen LogP contribution in [0.2, 0.25) is 0 Å². The standard InChI is InChI=1S/C4H7F3N2.2ClH/c5-4(6)3-8-1-2-9(4)7;;/h8H,1-3H2;2*1H. The van der Waals surface area contributed by atoms with Crippen LogP contribution >= 0.6 is 24.8 Å². The number of hydrogen-bond acceptors (Lipinski definition) is 2. The number of piperazine rings is 1. The molecule has 0 aromatic carbocycles. The predicted octanol–water partition coefficient (Wildman–Crippen LogP) is 1.21. The second-order valence-corrected chi connectivity index (χ2v) is 1.93. The summed E-state index contributed by atoms with van der Waals surface area (Å²) in [5.41, 5.74) is 0. The van der Waals surface area contributed by atoms with Crippen LogP contribution in [0.5, 0.6) is 0 Å². The first kappa shape index (κ1) is 13.9. The van der Waals surface area contributed by atoms with Crippen molar-refractivity contribution in [3.63, 3.8) is 0 Å². The minimum absolute atomic E-state index is 0. The molecule has 70 valence electrons. The van der Waals surface area contributed by atoms with Crippen LogP contribution in [-0.2, 0) is 0 Å². The van der Waals surface area contributed by atoms with Gasteiger partial charge >= 0.3 is 6.05 Å². The van der Waals surface area contributed by atoms with E-state index in [-0.39, 0.29) is 37.9 Å². The average Bonchev–Trinajstić information content (AvgIpc) is 1.77. The van der Waals surface area contributed by atoms with Crippen LogP contribution in [-0.4, -0.2) is 30.8 Å². The normalized spacial score (nSPS) is 23.2. The maximum atomic E-state index is 12.1. The van der Waals surface area contributed by atoms with Crippen LogP contribution in [0, 0.1) is 0 Å². The lowest BCUT2D eigenvalue weighted by Gasteiger charge is -2.27. The second-order valence-electron chi connectivity index (χ2n) is 1.93. The molecule has 1 aliphatic heterocycles. The zero-order valence-corrected chi connectivity index (χ0v) is 7.15. The smallest absolute Gasteiger partial charge is 0.308 e. The van der Waals surface area contributed by atoms with Gasteiger partial charge in [0.2, 0.25) is 0 Å². The lowest BCUT2D eigenvalue weighted by Crippen LogP contribution is -2.52. The van der Waals surface area contributed by atoms with Crippen molar-refractivity contribution in [2.75, 3.05) is 19.6 Å². The minimum Gasteiger partial charge on any atom is -0.308 e. The molecule has 0 spiro atoms. The Bertz CT molecular complexity index is 114. The van der Waals surface area contributed by atoms with Gasteiger partial charge in [-0.25, -0.2) is 0 Å². The molecular weight excluding hydrogens is 204 g/mol. The van der Waals surface area contributed by atoms with E-state index in [0.717, 1.165) is 0 Å². The van der Waals surface area contributed by atoms with Gasteiger partial charge in [0.05, 0.1) is 6.54 Å². The molecule has 2 nitrogen and oxygen atoms in total. The Balaban J connectivity index is 0. The van der Waals surface area contributed by atoms with Gasteiger partial charge in [0.25, 0.3) is 0 Å². The molecule has 0 bridgehead atoms. The Kier molecular flexibility index (Phi) is 6.33. The van der Waals surface area contributed by atoms with Crippen molar-refractivity contribution in [3.05, 3.63) is 0 Å². The lowest BCUT2D eigenvalue weighted by atomic mass is 10.4. The molecule has 1 heterocycles. The molecule has 0 amide bonds. The summed E-state index contributed by atoms with van der Waals surface area (Å²) < 4.78 is 36.2. The van der Waals surface area contributed by atoms with Gasteiger partial charge in [0.1, 0.15) is 0 Å². The zero-order chi connectivity index (χ0) is 6.91. The largest absolute Gasteiger partial charge is 0.342 e. The topological polar surface area (TPSA) is 15.3 Å². The number of alkyl halides is 2. The third-order valence-electron chi connectivity index (χ3n) is 1.18. The molecule has 1 N–H and O–H groups in total. The maximum absolute atomic E-state index is 12.1. The molecular formula is C4H9Cl2F3N2. The Morgan fingerprint density at radius 3 is 2.09 bits per heavy atom. The SMILES string of the molecule is Cl.Cl.FN1CCNCC1(F)F. The first-order chi connectivity index (χ1) is 4.13. The summed E-state index contributed by atoms with van der Waals surface area (Å²) in [6.07, 6.45) is 0. The minimum atomic E-state index is -3.31. The van der Waals surface area contributed by atoms with Crippen molar-refractivity contribution in [2.24, 2.45) is 0 Å². The van der Waals surface area contributed by atoms with Gasteiger partial charge in [-0.05, 0) is 0 Å². The van der Waals surface area contributed by atoms with E-state index in [0.29, 0.717) is 0 Å². The summed E-state index contributed by atoms with van der Waals surface area (Å²) in [5.74, 6) is 0. The van der Waals surface area contributed by atoms with Crippen LogP contribution < -0.4 is 5.32 Å². The molecule has 1 saturated heterocycles. The molecule has 0 unspecified atom stereocenters. The Morgan fingerprint density at radius 1 is 1.27 bits per heavy atom. The summed E-state index contributed by atoms with van der Waals surface area (Å²) in [5, 5.41) is 1.93. The lowest BCUT2D eigenvalue weighted by molar-refractivity contribution is -0.242. The highest BCUT2D eigenvalue weighted by molar-refractivity contribution is 5.85. The molecule has 11 heavy (non-hydrogen) atoms. The van der Waals surface area contributed by atoms with Crippen LogP contribution in [0.3, 0.4) is 0 Å². The third kappa shape index (κ3) is 3.46. The van der Waals surface area contributed by atoms with Crippen molar-refractivity contribution in [2.45, 2.75) is 6.05 Å². The fourth-order valence-electron chi connectivity index (χ4n) is 0.665. The van der Waals surface area contributed by atoms with E-state index in [4.69, 9.17) is 0 Å². The molecule has 0 radical (unpaired) electrons. The van der Waals surface area contributed by atoms with E-state index in [1.54, 1.807) is 0 Å². The van der Waals surface area contributed by atoms with Crippen molar-refractivity contribution in [1.29, 1.82) is 0 Å². The van der Waals surface area contributed by atoms with Crippen molar-refractivity contribution >= 4 is 24.8 Å². The Hall–Kier alpha value is 0.290. The molecule has 0 aromatic rings. The number of hydrogen-bond donors (Lipinski definition) is 1. The van der Waals surface area contributed by atoms with Gasteiger partial charge < -0.3 is 5.32 Å². The first-order valence-corrected chi connectivity index (χ1v) is 2.65. The van der Waals surface area contributed by atoms with Gasteiger partial charge in [-0.1, -0.05) is 5.12 Å². The van der Waals surface area contributed by atoms with Crippen LogP contribution in [0.25, 0.3) is 0 Å². The van der Waals surface area contributed by atoms with Crippen molar-refractivity contribution in [3.8, 4) is 0 Å². The van der Waals surface area contributed by atoms with E-state index in [1.807, 2.05) is 0 Å². The number of nitrogens with one attached hydrogen (secondary N) is 1. The van der Waals surface area contributed by atoms with Crippen LogP contribution in [0.4, 0.5) is 13.3 Å². The Labute approximate surface area is 74.9 Å². The van der Waals surface area contributed by atoms with E-state index in [9.17, 15) is 13.3 Å². The summed E-state index contributed by atoms with van der Waals surface area (Å²) in [6, 6.07) is -3.31.